The molecule has 1 aliphatic rings. The van der Waals surface area contributed by atoms with Crippen LogP contribution in [0.25, 0.3) is 0 Å². The Hall–Kier alpha value is -2.37. The molecule has 1 saturated heterocycles. The number of hydrogen-bond donors (Lipinski definition) is 0. The number of nitrogens with zero attached hydrogens (tertiary/aromatic N) is 1. The highest BCUT2D eigenvalue weighted by atomic mass is 16.5. The number of benzene rings is 1. The first kappa shape index (κ1) is 17.0. The van der Waals surface area contributed by atoms with Crippen LogP contribution in [0, 0.1) is 11.8 Å². The Morgan fingerprint density at radius 3 is 2.43 bits per heavy atom. The molecule has 1 heterocycles. The van der Waals surface area contributed by atoms with Gasteiger partial charge in [0.05, 0.1) is 26.7 Å². The second kappa shape index (κ2) is 7.26. The Labute approximate surface area is 135 Å². The molecule has 0 unspecified atom stereocenters. The molecule has 1 aliphatic heterocycles. The van der Waals surface area contributed by atoms with Crippen LogP contribution in [0.2, 0.25) is 0 Å². The van der Waals surface area contributed by atoms with Gasteiger partial charge in [-0.05, 0) is 12.5 Å². The number of carbonyl (C=O) groups is 3. The van der Waals surface area contributed by atoms with Crippen LogP contribution < -0.4 is 0 Å². The summed E-state index contributed by atoms with van der Waals surface area (Å²) in [5, 5.41) is 0. The van der Waals surface area contributed by atoms with Crippen molar-refractivity contribution in [1.29, 1.82) is 0 Å². The van der Waals surface area contributed by atoms with Crippen LogP contribution in [0.3, 0.4) is 0 Å². The van der Waals surface area contributed by atoms with Crippen LogP contribution in [0.4, 0.5) is 0 Å². The SMILES string of the molecule is COC(=O)C[C@H]1CN([C@@H](C)c2ccccc2)C(=O)[C@@H]1C(=O)OC. The van der Waals surface area contributed by atoms with E-state index in [4.69, 9.17) is 4.74 Å². The molecule has 1 amide bonds. The molecule has 2 rings (SSSR count). The lowest BCUT2D eigenvalue weighted by Gasteiger charge is -2.25. The lowest BCUT2D eigenvalue weighted by atomic mass is 9.92. The normalized spacial score (nSPS) is 21.9. The summed E-state index contributed by atoms with van der Waals surface area (Å²) in [7, 11) is 2.53. The number of rotatable bonds is 5. The highest BCUT2D eigenvalue weighted by Gasteiger charge is 2.48. The molecular formula is C17H21NO5. The van der Waals surface area contributed by atoms with Crippen LogP contribution in [0.15, 0.2) is 30.3 Å². The highest BCUT2D eigenvalue weighted by molar-refractivity contribution is 6.00. The van der Waals surface area contributed by atoms with E-state index in [1.165, 1.54) is 14.2 Å². The van der Waals surface area contributed by atoms with Gasteiger partial charge in [0, 0.05) is 12.5 Å². The topological polar surface area (TPSA) is 72.9 Å². The van der Waals surface area contributed by atoms with Crippen molar-refractivity contribution in [3.05, 3.63) is 35.9 Å². The molecule has 23 heavy (non-hydrogen) atoms. The average molecular weight is 319 g/mol. The monoisotopic (exact) mass is 319 g/mol. The van der Waals surface area contributed by atoms with Gasteiger partial charge >= 0.3 is 11.9 Å². The maximum atomic E-state index is 12.7. The third kappa shape index (κ3) is 3.52. The van der Waals surface area contributed by atoms with Gasteiger partial charge in [-0.1, -0.05) is 30.3 Å². The molecule has 0 aliphatic carbocycles. The van der Waals surface area contributed by atoms with E-state index in [9.17, 15) is 14.4 Å². The number of carbonyl (C=O) groups excluding carboxylic acids is 3. The van der Waals surface area contributed by atoms with Gasteiger partial charge in [0.15, 0.2) is 0 Å². The predicted octanol–water partition coefficient (Wildman–Crippen LogP) is 1.56. The summed E-state index contributed by atoms with van der Waals surface area (Å²) in [5.41, 5.74) is 0.975. The van der Waals surface area contributed by atoms with Crippen molar-refractivity contribution < 1.29 is 23.9 Å². The molecule has 6 heteroatoms. The van der Waals surface area contributed by atoms with E-state index in [0.29, 0.717) is 6.54 Å². The second-order valence-corrected chi connectivity index (χ2v) is 5.62. The van der Waals surface area contributed by atoms with Gasteiger partial charge in [-0.2, -0.15) is 0 Å². The summed E-state index contributed by atoms with van der Waals surface area (Å²) >= 11 is 0. The standard InChI is InChI=1S/C17H21NO5/c1-11(12-7-5-4-6-8-12)18-10-13(9-14(19)22-2)15(16(18)20)17(21)23-3/h4-8,11,13,15H,9-10H2,1-3H3/t11-,13-,15+/m0/s1. The van der Waals surface area contributed by atoms with Gasteiger partial charge in [-0.3, -0.25) is 14.4 Å². The van der Waals surface area contributed by atoms with Crippen molar-refractivity contribution >= 4 is 17.8 Å². The third-order valence-electron chi connectivity index (χ3n) is 4.31. The largest absolute Gasteiger partial charge is 0.469 e. The fourth-order valence-electron chi connectivity index (χ4n) is 2.99. The highest BCUT2D eigenvalue weighted by Crippen LogP contribution is 2.34. The van der Waals surface area contributed by atoms with Crippen LogP contribution >= 0.6 is 0 Å². The van der Waals surface area contributed by atoms with Crippen LogP contribution in [0.1, 0.15) is 24.9 Å². The Balaban J connectivity index is 2.24. The van der Waals surface area contributed by atoms with Gasteiger partial charge < -0.3 is 14.4 Å². The summed E-state index contributed by atoms with van der Waals surface area (Å²) in [5.74, 6) is -2.74. The molecule has 3 atom stereocenters. The van der Waals surface area contributed by atoms with Crippen molar-refractivity contribution in [3.8, 4) is 0 Å². The van der Waals surface area contributed by atoms with Gasteiger partial charge in [0.25, 0.3) is 0 Å². The lowest BCUT2D eigenvalue weighted by Crippen LogP contribution is -2.33. The number of methoxy groups -OCH3 is 2. The number of amides is 1. The Bertz CT molecular complexity index is 586. The first-order chi connectivity index (χ1) is 11.0. The number of ether oxygens (including phenoxy) is 2. The number of likely N-dealkylation sites (tertiary alicyclic amines) is 1. The van der Waals surface area contributed by atoms with Crippen LogP contribution in [0.5, 0.6) is 0 Å². The van der Waals surface area contributed by atoms with E-state index in [-0.39, 0.29) is 18.4 Å². The van der Waals surface area contributed by atoms with E-state index in [0.717, 1.165) is 5.56 Å². The molecule has 1 fully saturated rings. The fourth-order valence-corrected chi connectivity index (χ4v) is 2.99. The molecule has 1 aromatic rings. The predicted molar refractivity (Wildman–Crippen MR) is 82.2 cm³/mol. The van der Waals surface area contributed by atoms with Crippen molar-refractivity contribution in [2.45, 2.75) is 19.4 Å². The summed E-state index contributed by atoms with van der Waals surface area (Å²) < 4.78 is 9.41. The zero-order valence-electron chi connectivity index (χ0n) is 13.5. The second-order valence-electron chi connectivity index (χ2n) is 5.62. The first-order valence-electron chi connectivity index (χ1n) is 7.49. The zero-order valence-corrected chi connectivity index (χ0v) is 13.5. The fraction of sp³-hybridized carbons (Fsp3) is 0.471. The maximum Gasteiger partial charge on any atom is 0.318 e. The molecule has 0 N–H and O–H groups in total. The number of hydrogen-bond acceptors (Lipinski definition) is 5. The maximum absolute atomic E-state index is 12.7. The molecule has 124 valence electrons. The minimum Gasteiger partial charge on any atom is -0.469 e. The molecular weight excluding hydrogens is 298 g/mol. The summed E-state index contributed by atoms with van der Waals surface area (Å²) in [6.45, 7) is 2.23. The Morgan fingerprint density at radius 2 is 1.87 bits per heavy atom. The van der Waals surface area contributed by atoms with E-state index in [2.05, 4.69) is 4.74 Å². The Kier molecular flexibility index (Phi) is 5.36. The molecule has 1 aromatic carbocycles. The third-order valence-corrected chi connectivity index (χ3v) is 4.31. The van der Waals surface area contributed by atoms with E-state index >= 15 is 0 Å². The van der Waals surface area contributed by atoms with Crippen LogP contribution in [-0.2, 0) is 23.9 Å². The van der Waals surface area contributed by atoms with Crippen molar-refractivity contribution in [1.82, 2.24) is 4.90 Å². The molecule has 0 aromatic heterocycles. The van der Waals surface area contributed by atoms with Crippen LogP contribution in [-0.4, -0.2) is 43.5 Å². The molecule has 0 radical (unpaired) electrons. The zero-order chi connectivity index (χ0) is 17.0. The minimum absolute atomic E-state index is 0.0139. The quantitative estimate of drug-likeness (QED) is 0.608. The van der Waals surface area contributed by atoms with Gasteiger partial charge in [-0.25, -0.2) is 0 Å². The summed E-state index contributed by atoms with van der Waals surface area (Å²) in [6.07, 6.45) is 0.0139. The lowest BCUT2D eigenvalue weighted by molar-refractivity contribution is -0.152. The van der Waals surface area contributed by atoms with Crippen molar-refractivity contribution in [3.63, 3.8) is 0 Å². The average Bonchev–Trinajstić information content (AvgIpc) is 2.90. The van der Waals surface area contributed by atoms with Crippen molar-refractivity contribution in [2.75, 3.05) is 20.8 Å². The molecule has 6 nitrogen and oxygen atoms in total. The summed E-state index contributed by atoms with van der Waals surface area (Å²) in [4.78, 5) is 37.9. The van der Waals surface area contributed by atoms with Gasteiger partial charge in [0.1, 0.15) is 5.92 Å². The smallest absolute Gasteiger partial charge is 0.318 e. The Morgan fingerprint density at radius 1 is 1.22 bits per heavy atom. The number of esters is 2. The van der Waals surface area contributed by atoms with E-state index in [1.54, 1.807) is 4.90 Å². The van der Waals surface area contributed by atoms with Gasteiger partial charge in [-0.15, -0.1) is 0 Å². The van der Waals surface area contributed by atoms with Crippen molar-refractivity contribution in [2.24, 2.45) is 11.8 Å². The van der Waals surface area contributed by atoms with E-state index in [1.807, 2.05) is 37.3 Å². The first-order valence-corrected chi connectivity index (χ1v) is 7.49. The van der Waals surface area contributed by atoms with Gasteiger partial charge in [0.2, 0.25) is 5.91 Å². The molecule has 0 saturated carbocycles. The minimum atomic E-state index is -0.953. The van der Waals surface area contributed by atoms with E-state index < -0.39 is 23.8 Å². The molecule has 0 bridgehead atoms. The molecule has 0 spiro atoms. The summed E-state index contributed by atoms with van der Waals surface area (Å²) in [6, 6.07) is 9.38.